The number of ether oxygens (including phenoxy) is 2. The van der Waals surface area contributed by atoms with Gasteiger partial charge in [-0.15, -0.1) is 0 Å². The Kier molecular flexibility index (Phi) is 12.9. The second kappa shape index (κ2) is 16.3. The van der Waals surface area contributed by atoms with Gasteiger partial charge in [-0.05, 0) is 67.0 Å². The first-order valence-electron chi connectivity index (χ1n) is 15.1. The molecule has 0 aliphatic carbocycles. The smallest absolute Gasteiger partial charge is 0.255 e. The SMILES string of the molecule is Cc1cc(OCCNC(=O)[C@@H]2CCC(=O)N[C@@H](CC(C)C)C(=O)N(C)CCOc3ccccc3C(=O)N2)c(C(C)C)cc1Cl. The van der Waals surface area contributed by atoms with Crippen LogP contribution in [0.25, 0.3) is 0 Å². The Morgan fingerprint density at radius 2 is 1.86 bits per heavy atom. The number of halogens is 1. The highest BCUT2D eigenvalue weighted by molar-refractivity contribution is 6.31. The molecule has 10 nitrogen and oxygen atoms in total. The fourth-order valence-corrected chi connectivity index (χ4v) is 5.07. The van der Waals surface area contributed by atoms with Gasteiger partial charge in [0.2, 0.25) is 17.7 Å². The van der Waals surface area contributed by atoms with Crippen molar-refractivity contribution in [1.82, 2.24) is 20.9 Å². The van der Waals surface area contributed by atoms with Crippen molar-refractivity contribution in [3.8, 4) is 11.5 Å². The van der Waals surface area contributed by atoms with Crippen LogP contribution < -0.4 is 25.4 Å². The maximum atomic E-state index is 13.3. The Labute approximate surface area is 265 Å². The third-order valence-corrected chi connectivity index (χ3v) is 7.79. The van der Waals surface area contributed by atoms with Crippen molar-refractivity contribution >= 4 is 35.2 Å². The van der Waals surface area contributed by atoms with Gasteiger partial charge in [0, 0.05) is 18.5 Å². The first-order chi connectivity index (χ1) is 20.9. The molecule has 1 aliphatic rings. The van der Waals surface area contributed by atoms with Crippen molar-refractivity contribution in [3.05, 3.63) is 58.1 Å². The van der Waals surface area contributed by atoms with E-state index in [9.17, 15) is 19.2 Å². The first kappa shape index (κ1) is 34.7. The monoisotopic (exact) mass is 628 g/mol. The molecule has 44 heavy (non-hydrogen) atoms. The Morgan fingerprint density at radius 1 is 1.14 bits per heavy atom. The highest BCUT2D eigenvalue weighted by Gasteiger charge is 2.28. The zero-order chi connectivity index (χ0) is 32.4. The summed E-state index contributed by atoms with van der Waals surface area (Å²) >= 11 is 6.31. The molecular formula is C33H45ClN4O6. The number of nitrogens with zero attached hydrogens (tertiary/aromatic N) is 1. The minimum absolute atomic E-state index is 0.0274. The van der Waals surface area contributed by atoms with E-state index in [0.29, 0.717) is 22.9 Å². The lowest BCUT2D eigenvalue weighted by atomic mass is 10.0. The third-order valence-electron chi connectivity index (χ3n) is 7.39. The number of rotatable bonds is 8. The molecule has 3 rings (SSSR count). The number of carbonyl (C=O) groups is 4. The fourth-order valence-electron chi connectivity index (χ4n) is 4.89. The van der Waals surface area contributed by atoms with Crippen molar-refractivity contribution in [2.24, 2.45) is 5.92 Å². The molecule has 1 heterocycles. The Bertz CT molecular complexity index is 1330. The Hall–Kier alpha value is -3.79. The molecule has 11 heteroatoms. The molecule has 0 fully saturated rings. The number of hydrogen-bond donors (Lipinski definition) is 3. The van der Waals surface area contributed by atoms with Crippen LogP contribution in [0.15, 0.2) is 36.4 Å². The van der Waals surface area contributed by atoms with Crippen molar-refractivity contribution in [3.63, 3.8) is 0 Å². The molecule has 2 aromatic rings. The fraction of sp³-hybridized carbons (Fsp3) is 0.515. The van der Waals surface area contributed by atoms with Crippen LogP contribution in [-0.2, 0) is 14.4 Å². The van der Waals surface area contributed by atoms with E-state index in [1.165, 1.54) is 4.90 Å². The molecule has 0 spiro atoms. The molecule has 240 valence electrons. The van der Waals surface area contributed by atoms with Crippen LogP contribution in [0, 0.1) is 12.8 Å². The van der Waals surface area contributed by atoms with Crippen LogP contribution >= 0.6 is 11.6 Å². The van der Waals surface area contributed by atoms with Crippen LogP contribution in [0.1, 0.15) is 74.4 Å². The number of nitrogens with one attached hydrogen (secondary N) is 3. The molecule has 4 amide bonds. The van der Waals surface area contributed by atoms with E-state index in [4.69, 9.17) is 21.1 Å². The maximum Gasteiger partial charge on any atom is 0.255 e. The predicted molar refractivity (Wildman–Crippen MR) is 170 cm³/mol. The molecule has 2 aromatic carbocycles. The van der Waals surface area contributed by atoms with Crippen LogP contribution in [0.3, 0.4) is 0 Å². The van der Waals surface area contributed by atoms with Gasteiger partial charge in [0.1, 0.15) is 36.8 Å². The number of para-hydroxylation sites is 1. The summed E-state index contributed by atoms with van der Waals surface area (Å²) in [5.41, 5.74) is 2.10. The predicted octanol–water partition coefficient (Wildman–Crippen LogP) is 4.23. The lowest BCUT2D eigenvalue weighted by Gasteiger charge is -2.26. The maximum absolute atomic E-state index is 13.3. The third kappa shape index (κ3) is 9.87. The van der Waals surface area contributed by atoms with Gasteiger partial charge in [-0.2, -0.15) is 0 Å². The van der Waals surface area contributed by atoms with Crippen LogP contribution in [0.5, 0.6) is 11.5 Å². The van der Waals surface area contributed by atoms with E-state index in [1.54, 1.807) is 31.3 Å². The minimum Gasteiger partial charge on any atom is -0.491 e. The zero-order valence-electron chi connectivity index (χ0n) is 26.5. The molecular weight excluding hydrogens is 584 g/mol. The number of benzene rings is 2. The molecule has 0 unspecified atom stereocenters. The van der Waals surface area contributed by atoms with Gasteiger partial charge in [-0.1, -0.05) is 51.4 Å². The summed E-state index contributed by atoms with van der Waals surface area (Å²) in [7, 11) is 1.66. The molecule has 0 bridgehead atoms. The lowest BCUT2D eigenvalue weighted by Crippen LogP contribution is -2.50. The van der Waals surface area contributed by atoms with Gasteiger partial charge in [-0.25, -0.2) is 0 Å². The van der Waals surface area contributed by atoms with E-state index in [-0.39, 0.29) is 68.4 Å². The molecule has 3 N–H and O–H groups in total. The summed E-state index contributed by atoms with van der Waals surface area (Å²) in [6.45, 7) is 10.7. The molecule has 2 atom stereocenters. The summed E-state index contributed by atoms with van der Waals surface area (Å²) < 4.78 is 11.9. The van der Waals surface area contributed by atoms with Crippen molar-refractivity contribution < 1.29 is 28.7 Å². The molecule has 0 radical (unpaired) electrons. The van der Waals surface area contributed by atoms with Gasteiger partial charge in [0.05, 0.1) is 18.7 Å². The topological polar surface area (TPSA) is 126 Å². The average Bonchev–Trinajstić information content (AvgIpc) is 2.97. The Balaban J connectivity index is 1.76. The van der Waals surface area contributed by atoms with E-state index in [1.807, 2.05) is 46.8 Å². The molecule has 0 saturated heterocycles. The van der Waals surface area contributed by atoms with Gasteiger partial charge in [0.15, 0.2) is 0 Å². The van der Waals surface area contributed by atoms with Crippen LogP contribution in [0.4, 0.5) is 0 Å². The first-order valence-corrected chi connectivity index (χ1v) is 15.5. The standard InChI is InChI=1S/C33H45ClN4O6/c1-20(2)17-27-33(42)38(6)14-16-44-28-10-8-7-9-23(28)31(40)37-26(11-12-30(39)36-27)32(41)35-13-15-43-29-18-22(5)25(34)19-24(29)21(3)4/h7-10,18-21,26-27H,11-17H2,1-6H3,(H,35,41)(H,36,39)(H,37,40)/t26-,27-/m0/s1. The number of amides is 4. The van der Waals surface area contributed by atoms with Gasteiger partial charge >= 0.3 is 0 Å². The lowest BCUT2D eigenvalue weighted by molar-refractivity contribution is -0.136. The summed E-state index contributed by atoms with van der Waals surface area (Å²) in [6, 6.07) is 8.76. The summed E-state index contributed by atoms with van der Waals surface area (Å²) in [4.78, 5) is 54.3. The molecule has 0 aromatic heterocycles. The van der Waals surface area contributed by atoms with Crippen molar-refractivity contribution in [2.75, 3.05) is 33.4 Å². The van der Waals surface area contributed by atoms with E-state index in [0.717, 1.165) is 11.1 Å². The highest BCUT2D eigenvalue weighted by Crippen LogP contribution is 2.32. The second-order valence-corrected chi connectivity index (χ2v) is 12.3. The molecule has 0 saturated carbocycles. The number of fused-ring (bicyclic) bond motifs is 1. The Morgan fingerprint density at radius 3 is 2.57 bits per heavy atom. The number of carbonyl (C=O) groups excluding carboxylic acids is 4. The average molecular weight is 629 g/mol. The summed E-state index contributed by atoms with van der Waals surface area (Å²) in [6.07, 6.45) is 0.422. The number of likely N-dealkylation sites (N-methyl/N-ethyl adjacent to an activating group) is 1. The van der Waals surface area contributed by atoms with Gasteiger partial charge in [0.25, 0.3) is 5.91 Å². The summed E-state index contributed by atoms with van der Waals surface area (Å²) in [5, 5.41) is 9.10. The van der Waals surface area contributed by atoms with E-state index < -0.39 is 23.9 Å². The van der Waals surface area contributed by atoms with Gasteiger partial charge in [-0.3, -0.25) is 19.2 Å². The number of aryl methyl sites for hydroxylation is 1. The van der Waals surface area contributed by atoms with Crippen molar-refractivity contribution in [1.29, 1.82) is 0 Å². The highest BCUT2D eigenvalue weighted by atomic mass is 35.5. The van der Waals surface area contributed by atoms with Gasteiger partial charge < -0.3 is 30.3 Å². The second-order valence-electron chi connectivity index (χ2n) is 11.9. The quantitative estimate of drug-likeness (QED) is 0.376. The number of hydrogen-bond acceptors (Lipinski definition) is 6. The molecule has 1 aliphatic heterocycles. The summed E-state index contributed by atoms with van der Waals surface area (Å²) in [5.74, 6) is -0.177. The largest absolute Gasteiger partial charge is 0.491 e. The minimum atomic E-state index is -1.02. The van der Waals surface area contributed by atoms with E-state index >= 15 is 0 Å². The van der Waals surface area contributed by atoms with E-state index in [2.05, 4.69) is 16.0 Å². The van der Waals surface area contributed by atoms with Crippen LogP contribution in [-0.4, -0.2) is 74.0 Å². The normalized spacial score (nSPS) is 18.5. The van der Waals surface area contributed by atoms with Crippen molar-refractivity contribution in [2.45, 2.75) is 71.9 Å². The van der Waals surface area contributed by atoms with Crippen LogP contribution in [0.2, 0.25) is 5.02 Å². The zero-order valence-corrected chi connectivity index (χ0v) is 27.3.